The summed E-state index contributed by atoms with van der Waals surface area (Å²) in [5.41, 5.74) is 12.3. The van der Waals surface area contributed by atoms with E-state index in [9.17, 15) is 4.79 Å². The third kappa shape index (κ3) is 8.40. The van der Waals surface area contributed by atoms with Gasteiger partial charge in [0.15, 0.2) is 0 Å². The molecule has 0 atom stereocenters. The number of esters is 1. The van der Waals surface area contributed by atoms with E-state index in [1.165, 1.54) is 36.8 Å². The Balaban J connectivity index is 1.83. The summed E-state index contributed by atoms with van der Waals surface area (Å²) in [6.45, 7) is 8.30. The first kappa shape index (κ1) is 28.3. The third-order valence-corrected chi connectivity index (χ3v) is 6.66. The van der Waals surface area contributed by atoms with E-state index in [2.05, 4.69) is 25.6 Å². The van der Waals surface area contributed by atoms with Gasteiger partial charge in [0.1, 0.15) is 12.4 Å². The number of hydrogen-bond acceptors (Lipinski definition) is 3. The second kappa shape index (κ2) is 14.5. The SMILES string of the molecule is C=C(C)C(=O)OCc1cc(CCCCCCC)ccc1-c1ccc(-c2ccc(CCCN)cc2)c(F)c1. The van der Waals surface area contributed by atoms with Gasteiger partial charge < -0.3 is 10.5 Å². The summed E-state index contributed by atoms with van der Waals surface area (Å²) < 4.78 is 20.8. The van der Waals surface area contributed by atoms with Gasteiger partial charge in [-0.25, -0.2) is 9.18 Å². The monoisotopic (exact) mass is 501 g/mol. The Morgan fingerprint density at radius 3 is 2.16 bits per heavy atom. The maximum absolute atomic E-state index is 15.3. The van der Waals surface area contributed by atoms with Crippen LogP contribution in [0.15, 0.2) is 72.8 Å². The molecule has 0 bridgehead atoms. The van der Waals surface area contributed by atoms with Crippen LogP contribution in [0.1, 0.15) is 69.1 Å². The number of ether oxygens (including phenoxy) is 1. The summed E-state index contributed by atoms with van der Waals surface area (Å²) in [7, 11) is 0. The molecule has 4 heteroatoms. The number of carbonyl (C=O) groups is 1. The fraction of sp³-hybridized carbons (Fsp3) is 0.364. The summed E-state index contributed by atoms with van der Waals surface area (Å²) >= 11 is 0. The predicted octanol–water partition coefficient (Wildman–Crippen LogP) is 8.18. The van der Waals surface area contributed by atoms with E-state index in [-0.39, 0.29) is 12.4 Å². The zero-order valence-electron chi connectivity index (χ0n) is 22.3. The molecule has 2 N–H and O–H groups in total. The fourth-order valence-electron chi connectivity index (χ4n) is 4.48. The minimum absolute atomic E-state index is 0.123. The lowest BCUT2D eigenvalue weighted by Crippen LogP contribution is -2.06. The van der Waals surface area contributed by atoms with Crippen molar-refractivity contribution >= 4 is 5.97 Å². The largest absolute Gasteiger partial charge is 0.457 e. The van der Waals surface area contributed by atoms with Crippen molar-refractivity contribution in [2.75, 3.05) is 6.54 Å². The fourth-order valence-corrected chi connectivity index (χ4v) is 4.48. The molecule has 196 valence electrons. The van der Waals surface area contributed by atoms with Crippen molar-refractivity contribution in [2.45, 2.75) is 71.8 Å². The zero-order valence-corrected chi connectivity index (χ0v) is 22.3. The first-order chi connectivity index (χ1) is 17.9. The second-order valence-corrected chi connectivity index (χ2v) is 9.80. The number of aryl methyl sites for hydroxylation is 2. The first-order valence-corrected chi connectivity index (χ1v) is 13.5. The van der Waals surface area contributed by atoms with Gasteiger partial charge in [0.25, 0.3) is 0 Å². The van der Waals surface area contributed by atoms with Gasteiger partial charge in [-0.2, -0.15) is 0 Å². The van der Waals surface area contributed by atoms with Gasteiger partial charge in [-0.1, -0.05) is 93.8 Å². The number of unbranched alkanes of at least 4 members (excludes halogenated alkanes) is 4. The molecule has 3 aromatic carbocycles. The van der Waals surface area contributed by atoms with Crippen molar-refractivity contribution in [1.82, 2.24) is 0 Å². The minimum Gasteiger partial charge on any atom is -0.457 e. The molecule has 0 aliphatic rings. The molecule has 0 saturated carbocycles. The van der Waals surface area contributed by atoms with Crippen molar-refractivity contribution in [1.29, 1.82) is 0 Å². The quantitative estimate of drug-likeness (QED) is 0.138. The van der Waals surface area contributed by atoms with Gasteiger partial charge in [0.05, 0.1) is 0 Å². The molecule has 0 amide bonds. The van der Waals surface area contributed by atoms with Crippen LogP contribution in [0.3, 0.4) is 0 Å². The summed E-state index contributed by atoms with van der Waals surface area (Å²) in [5.74, 6) is -0.704. The number of benzene rings is 3. The van der Waals surface area contributed by atoms with Gasteiger partial charge in [-0.3, -0.25) is 0 Å². The molecule has 0 radical (unpaired) electrons. The highest BCUT2D eigenvalue weighted by Crippen LogP contribution is 2.31. The van der Waals surface area contributed by atoms with Crippen molar-refractivity contribution < 1.29 is 13.9 Å². The Kier molecular flexibility index (Phi) is 11.1. The maximum Gasteiger partial charge on any atom is 0.333 e. The van der Waals surface area contributed by atoms with Crippen LogP contribution in [0.25, 0.3) is 22.3 Å². The summed E-state index contributed by atoms with van der Waals surface area (Å²) in [5, 5.41) is 0. The van der Waals surface area contributed by atoms with E-state index < -0.39 is 5.97 Å². The van der Waals surface area contributed by atoms with Crippen molar-refractivity contribution in [3.05, 3.63) is 95.3 Å². The average Bonchev–Trinajstić information content (AvgIpc) is 2.90. The standard InChI is InChI=1S/C33H40FNO2/c1-4-5-6-7-8-10-26-14-18-30(29(21-26)23-37-33(36)24(2)3)28-17-19-31(32(34)22-28)27-15-12-25(13-16-27)11-9-20-35/h12-19,21-22H,2,4-11,20,23,35H2,1,3H3. The van der Waals surface area contributed by atoms with E-state index in [0.29, 0.717) is 17.7 Å². The lowest BCUT2D eigenvalue weighted by atomic mass is 9.94. The van der Waals surface area contributed by atoms with Gasteiger partial charge in [0, 0.05) is 11.1 Å². The van der Waals surface area contributed by atoms with E-state index in [0.717, 1.165) is 47.9 Å². The maximum atomic E-state index is 15.3. The number of rotatable bonds is 14. The molecule has 0 spiro atoms. The van der Waals surface area contributed by atoms with E-state index in [1.54, 1.807) is 13.0 Å². The molecular weight excluding hydrogens is 461 g/mol. The highest BCUT2D eigenvalue weighted by atomic mass is 19.1. The van der Waals surface area contributed by atoms with Gasteiger partial charge in [-0.15, -0.1) is 0 Å². The molecule has 0 saturated heterocycles. The summed E-state index contributed by atoms with van der Waals surface area (Å²) in [4.78, 5) is 12.1. The molecule has 3 aromatic rings. The molecule has 0 fully saturated rings. The van der Waals surface area contributed by atoms with Gasteiger partial charge in [-0.05, 0) is 78.6 Å². The Hall–Kier alpha value is -3.24. The van der Waals surface area contributed by atoms with Crippen LogP contribution in [0, 0.1) is 5.82 Å². The van der Waals surface area contributed by atoms with Crippen molar-refractivity contribution in [3.8, 4) is 22.3 Å². The smallest absolute Gasteiger partial charge is 0.333 e. The highest BCUT2D eigenvalue weighted by molar-refractivity contribution is 5.87. The van der Waals surface area contributed by atoms with Crippen LogP contribution in [-0.4, -0.2) is 12.5 Å². The second-order valence-electron chi connectivity index (χ2n) is 9.80. The van der Waals surface area contributed by atoms with Crippen molar-refractivity contribution in [3.63, 3.8) is 0 Å². The highest BCUT2D eigenvalue weighted by Gasteiger charge is 2.13. The van der Waals surface area contributed by atoms with E-state index in [4.69, 9.17) is 10.5 Å². The van der Waals surface area contributed by atoms with E-state index in [1.807, 2.05) is 42.5 Å². The van der Waals surface area contributed by atoms with E-state index >= 15 is 4.39 Å². The molecule has 3 rings (SSSR count). The average molecular weight is 502 g/mol. The number of nitrogens with two attached hydrogens (primary N) is 1. The van der Waals surface area contributed by atoms with Gasteiger partial charge >= 0.3 is 5.97 Å². The van der Waals surface area contributed by atoms with Crippen LogP contribution < -0.4 is 5.73 Å². The Labute approximate surface area is 221 Å². The molecule has 0 aliphatic heterocycles. The molecule has 37 heavy (non-hydrogen) atoms. The zero-order chi connectivity index (χ0) is 26.6. The minimum atomic E-state index is -0.424. The normalized spacial score (nSPS) is 10.9. The van der Waals surface area contributed by atoms with Crippen molar-refractivity contribution in [2.24, 2.45) is 5.73 Å². The Morgan fingerprint density at radius 1 is 0.838 bits per heavy atom. The van der Waals surface area contributed by atoms with Crippen LogP contribution in [0.2, 0.25) is 0 Å². The molecular formula is C33H40FNO2. The number of hydrogen-bond donors (Lipinski definition) is 1. The molecule has 0 aliphatic carbocycles. The van der Waals surface area contributed by atoms with Crippen LogP contribution in [0.4, 0.5) is 4.39 Å². The lowest BCUT2D eigenvalue weighted by molar-refractivity contribution is -0.140. The van der Waals surface area contributed by atoms with Crippen LogP contribution in [-0.2, 0) is 29.0 Å². The van der Waals surface area contributed by atoms with Crippen LogP contribution in [0.5, 0.6) is 0 Å². The lowest BCUT2D eigenvalue weighted by Gasteiger charge is -2.14. The first-order valence-electron chi connectivity index (χ1n) is 13.5. The predicted molar refractivity (Wildman–Crippen MR) is 152 cm³/mol. The van der Waals surface area contributed by atoms with Gasteiger partial charge in [0.2, 0.25) is 0 Å². The molecule has 0 heterocycles. The third-order valence-electron chi connectivity index (χ3n) is 6.66. The number of carbonyl (C=O) groups excluding carboxylic acids is 1. The Bertz CT molecular complexity index is 1180. The topological polar surface area (TPSA) is 52.3 Å². The number of halogens is 1. The summed E-state index contributed by atoms with van der Waals surface area (Å²) in [6.07, 6.45) is 8.90. The summed E-state index contributed by atoms with van der Waals surface area (Å²) in [6, 6.07) is 19.5. The Morgan fingerprint density at radius 2 is 1.49 bits per heavy atom. The molecule has 3 nitrogen and oxygen atoms in total. The van der Waals surface area contributed by atoms with Crippen LogP contribution >= 0.6 is 0 Å². The molecule has 0 aromatic heterocycles. The molecule has 0 unspecified atom stereocenters.